The highest BCUT2D eigenvalue weighted by Gasteiger charge is 2.30. The van der Waals surface area contributed by atoms with Gasteiger partial charge in [-0.05, 0) is 32.2 Å². The van der Waals surface area contributed by atoms with Gasteiger partial charge >= 0.3 is 0 Å². The lowest BCUT2D eigenvalue weighted by molar-refractivity contribution is 0.0729. The number of carbonyl (C=O) groups excluding carboxylic acids is 1. The zero-order chi connectivity index (χ0) is 21.3. The van der Waals surface area contributed by atoms with Crippen LogP contribution in [0.4, 0.5) is 0 Å². The first-order valence-electron chi connectivity index (χ1n) is 10.1. The molecule has 0 radical (unpaired) electrons. The third-order valence-corrected chi connectivity index (χ3v) is 6.04. The predicted octanol–water partition coefficient (Wildman–Crippen LogP) is 3.02. The highest BCUT2D eigenvalue weighted by atomic mass is 32.2. The zero-order valence-electron chi connectivity index (χ0n) is 17.8. The van der Waals surface area contributed by atoms with Crippen LogP contribution in [-0.4, -0.2) is 54.8 Å². The van der Waals surface area contributed by atoms with E-state index in [-0.39, 0.29) is 5.91 Å². The molecular weight excluding hydrogens is 400 g/mol. The molecular formula is C21H26N6O2S. The average molecular weight is 427 g/mol. The first-order chi connectivity index (χ1) is 14.6. The normalized spacial score (nSPS) is 13.4. The number of nitrogens with zero attached hydrogens (tertiary/aromatic N) is 6. The Morgan fingerprint density at radius 2 is 2.03 bits per heavy atom. The molecule has 0 saturated carbocycles. The first-order valence-corrected chi connectivity index (χ1v) is 11.3. The second-order valence-corrected chi connectivity index (χ2v) is 7.83. The topological polar surface area (TPSA) is 78.1 Å². The van der Waals surface area contributed by atoms with E-state index in [4.69, 9.17) is 9.84 Å². The van der Waals surface area contributed by atoms with Crippen molar-refractivity contribution >= 4 is 17.7 Å². The number of hydrogen-bond donors (Lipinski definition) is 0. The number of thioether (sulfide) groups is 1. The maximum Gasteiger partial charge on any atom is 0.257 e. The lowest BCUT2D eigenvalue weighted by atomic mass is 10.0. The van der Waals surface area contributed by atoms with E-state index in [2.05, 4.69) is 21.7 Å². The summed E-state index contributed by atoms with van der Waals surface area (Å²) in [7, 11) is 1.95. The second-order valence-electron chi connectivity index (χ2n) is 7.06. The minimum atomic E-state index is -0.0266. The summed E-state index contributed by atoms with van der Waals surface area (Å²) < 4.78 is 9.65. The largest absolute Gasteiger partial charge is 0.493 e. The van der Waals surface area contributed by atoms with Gasteiger partial charge in [-0.2, -0.15) is 5.10 Å². The van der Waals surface area contributed by atoms with Gasteiger partial charge in [0.1, 0.15) is 11.4 Å². The minimum absolute atomic E-state index is 0.0266. The molecule has 0 bridgehead atoms. The Labute approximate surface area is 180 Å². The Hall–Kier alpha value is -2.81. The Morgan fingerprint density at radius 1 is 1.23 bits per heavy atom. The molecule has 1 aliphatic rings. The van der Waals surface area contributed by atoms with Crippen molar-refractivity contribution in [1.82, 2.24) is 29.4 Å². The SMILES string of the molecule is CCOc1ccccc1C(=O)N1CCc2c(c(-c3nnc(SC)n3CC)nn2C)C1. The van der Waals surface area contributed by atoms with Gasteiger partial charge in [0.25, 0.3) is 5.91 Å². The number of amides is 1. The number of rotatable bonds is 6. The molecule has 3 aromatic rings. The van der Waals surface area contributed by atoms with E-state index in [9.17, 15) is 4.79 Å². The Bertz CT molecular complexity index is 1070. The summed E-state index contributed by atoms with van der Waals surface area (Å²) in [5, 5.41) is 14.3. The van der Waals surface area contributed by atoms with Gasteiger partial charge in [0.2, 0.25) is 0 Å². The van der Waals surface area contributed by atoms with Gasteiger partial charge < -0.3 is 14.2 Å². The summed E-state index contributed by atoms with van der Waals surface area (Å²) in [5.41, 5.74) is 3.58. The summed E-state index contributed by atoms with van der Waals surface area (Å²) in [6.07, 6.45) is 2.74. The van der Waals surface area contributed by atoms with E-state index in [1.165, 1.54) is 0 Å². The van der Waals surface area contributed by atoms with Gasteiger partial charge in [0, 0.05) is 37.8 Å². The molecule has 0 spiro atoms. The van der Waals surface area contributed by atoms with Gasteiger partial charge in [-0.1, -0.05) is 23.9 Å². The monoisotopic (exact) mass is 426 g/mol. The van der Waals surface area contributed by atoms with E-state index < -0.39 is 0 Å². The molecule has 0 fully saturated rings. The van der Waals surface area contributed by atoms with Crippen molar-refractivity contribution in [2.45, 2.75) is 38.5 Å². The molecule has 0 unspecified atom stereocenters. The van der Waals surface area contributed by atoms with Crippen LogP contribution in [-0.2, 0) is 26.6 Å². The van der Waals surface area contributed by atoms with Crippen LogP contribution in [0.5, 0.6) is 5.75 Å². The summed E-state index contributed by atoms with van der Waals surface area (Å²) in [6.45, 7) is 6.40. The quantitative estimate of drug-likeness (QED) is 0.564. The Kier molecular flexibility index (Phi) is 5.80. The number of hydrogen-bond acceptors (Lipinski definition) is 6. The number of benzene rings is 1. The number of para-hydroxylation sites is 1. The number of aryl methyl sites for hydroxylation is 1. The molecule has 2 aromatic heterocycles. The maximum atomic E-state index is 13.3. The molecule has 4 rings (SSSR count). The molecule has 9 heteroatoms. The van der Waals surface area contributed by atoms with Crippen LogP contribution in [0.25, 0.3) is 11.5 Å². The summed E-state index contributed by atoms with van der Waals surface area (Å²) in [5.74, 6) is 1.35. The molecule has 158 valence electrons. The molecule has 1 aliphatic heterocycles. The summed E-state index contributed by atoms with van der Waals surface area (Å²) in [6, 6.07) is 7.42. The van der Waals surface area contributed by atoms with Crippen molar-refractivity contribution < 1.29 is 9.53 Å². The molecule has 0 N–H and O–H groups in total. The molecule has 0 saturated heterocycles. The van der Waals surface area contributed by atoms with Crippen LogP contribution in [0.1, 0.15) is 35.5 Å². The zero-order valence-corrected chi connectivity index (χ0v) is 18.6. The molecule has 30 heavy (non-hydrogen) atoms. The molecule has 3 heterocycles. The van der Waals surface area contributed by atoms with Crippen LogP contribution in [0.3, 0.4) is 0 Å². The van der Waals surface area contributed by atoms with Gasteiger partial charge in [0.05, 0.1) is 18.7 Å². The van der Waals surface area contributed by atoms with Crippen LogP contribution >= 0.6 is 11.8 Å². The maximum absolute atomic E-state index is 13.3. The molecule has 0 atom stereocenters. The third kappa shape index (κ3) is 3.47. The van der Waals surface area contributed by atoms with E-state index in [1.807, 2.05) is 54.1 Å². The first kappa shape index (κ1) is 20.5. The van der Waals surface area contributed by atoms with Gasteiger partial charge in [-0.25, -0.2) is 0 Å². The van der Waals surface area contributed by atoms with E-state index in [1.54, 1.807) is 11.8 Å². The van der Waals surface area contributed by atoms with Crippen molar-refractivity contribution in [1.29, 1.82) is 0 Å². The molecule has 0 aliphatic carbocycles. The molecule has 1 amide bonds. The van der Waals surface area contributed by atoms with Crippen LogP contribution in [0, 0.1) is 0 Å². The molecule has 8 nitrogen and oxygen atoms in total. The fourth-order valence-electron chi connectivity index (χ4n) is 3.94. The predicted molar refractivity (Wildman–Crippen MR) is 116 cm³/mol. The second kappa shape index (κ2) is 8.51. The highest BCUT2D eigenvalue weighted by Crippen LogP contribution is 2.31. The fourth-order valence-corrected chi connectivity index (χ4v) is 4.50. The summed E-state index contributed by atoms with van der Waals surface area (Å²) >= 11 is 1.56. The third-order valence-electron chi connectivity index (χ3n) is 5.37. The van der Waals surface area contributed by atoms with Crippen molar-refractivity contribution in [3.63, 3.8) is 0 Å². The van der Waals surface area contributed by atoms with Gasteiger partial charge in [0.15, 0.2) is 11.0 Å². The smallest absolute Gasteiger partial charge is 0.257 e. The summed E-state index contributed by atoms with van der Waals surface area (Å²) in [4.78, 5) is 15.2. The van der Waals surface area contributed by atoms with Crippen molar-refractivity contribution in [2.75, 3.05) is 19.4 Å². The average Bonchev–Trinajstić information content (AvgIpc) is 3.33. The fraction of sp³-hybridized carbons (Fsp3) is 0.429. The Morgan fingerprint density at radius 3 is 2.77 bits per heavy atom. The van der Waals surface area contributed by atoms with E-state index >= 15 is 0 Å². The van der Waals surface area contributed by atoms with E-state index in [0.717, 1.165) is 40.9 Å². The van der Waals surface area contributed by atoms with Crippen LogP contribution in [0.2, 0.25) is 0 Å². The van der Waals surface area contributed by atoms with Crippen molar-refractivity contribution in [3.8, 4) is 17.3 Å². The number of ether oxygens (including phenoxy) is 1. The van der Waals surface area contributed by atoms with Gasteiger partial charge in [-0.3, -0.25) is 9.48 Å². The van der Waals surface area contributed by atoms with E-state index in [0.29, 0.717) is 31.0 Å². The van der Waals surface area contributed by atoms with Crippen molar-refractivity contribution in [2.24, 2.45) is 7.05 Å². The lowest BCUT2D eigenvalue weighted by Gasteiger charge is -2.28. The van der Waals surface area contributed by atoms with Gasteiger partial charge in [-0.15, -0.1) is 10.2 Å². The minimum Gasteiger partial charge on any atom is -0.493 e. The number of carbonyl (C=O) groups is 1. The van der Waals surface area contributed by atoms with Crippen molar-refractivity contribution in [3.05, 3.63) is 41.1 Å². The standard InChI is InChI=1S/C21H26N6O2S/c1-5-27-19(22-23-21(27)30-4)18-15-13-26(12-11-16(15)25(3)24-18)20(28)14-9-7-8-10-17(14)29-6-2/h7-10H,5-6,11-13H2,1-4H3. The Balaban J connectivity index is 1.69. The lowest BCUT2D eigenvalue weighted by Crippen LogP contribution is -2.36. The molecule has 1 aromatic carbocycles. The number of fused-ring (bicyclic) bond motifs is 1. The highest BCUT2D eigenvalue weighted by molar-refractivity contribution is 7.98. The number of aromatic nitrogens is 5. The van der Waals surface area contributed by atoms with Crippen LogP contribution < -0.4 is 4.74 Å². The van der Waals surface area contributed by atoms with Crippen LogP contribution in [0.15, 0.2) is 29.4 Å².